The zero-order valence-electron chi connectivity index (χ0n) is 13.4. The summed E-state index contributed by atoms with van der Waals surface area (Å²) in [6.45, 7) is 9.69. The fourth-order valence-corrected chi connectivity index (χ4v) is 2.12. The van der Waals surface area contributed by atoms with E-state index in [1.165, 1.54) is 0 Å². The summed E-state index contributed by atoms with van der Waals surface area (Å²) in [7, 11) is 0. The Morgan fingerprint density at radius 3 is 2.67 bits per heavy atom. The summed E-state index contributed by atoms with van der Waals surface area (Å²) in [4.78, 5) is 14.5. The molecule has 0 heterocycles. The first-order chi connectivity index (χ1) is 9.99. The van der Waals surface area contributed by atoms with E-state index in [0.717, 1.165) is 17.7 Å². The van der Waals surface area contributed by atoms with Crippen LogP contribution < -0.4 is 0 Å². The number of aliphatic hydroxyl groups is 1. The van der Waals surface area contributed by atoms with E-state index in [4.69, 9.17) is 5.11 Å². The molecule has 21 heavy (non-hydrogen) atoms. The minimum Gasteiger partial charge on any atom is -0.395 e. The zero-order chi connectivity index (χ0) is 15.8. The monoisotopic (exact) mass is 287 g/mol. The molecule has 0 fully saturated rings. The number of aryl methyl sites for hydroxylation is 1. The van der Waals surface area contributed by atoms with Crippen molar-refractivity contribution in [3.05, 3.63) is 34.9 Å². The summed E-state index contributed by atoms with van der Waals surface area (Å²) in [6, 6.07) is 5.69. The van der Waals surface area contributed by atoms with E-state index >= 15 is 0 Å². The van der Waals surface area contributed by atoms with Crippen LogP contribution in [0.15, 0.2) is 18.2 Å². The maximum atomic E-state index is 12.7. The molecule has 1 aromatic rings. The van der Waals surface area contributed by atoms with Gasteiger partial charge in [0.2, 0.25) is 0 Å². The van der Waals surface area contributed by atoms with Crippen LogP contribution in [0, 0.1) is 24.7 Å². The topological polar surface area (TPSA) is 40.5 Å². The molecule has 0 bridgehead atoms. The third-order valence-corrected chi connectivity index (χ3v) is 3.19. The predicted octanol–water partition coefficient (Wildman–Crippen LogP) is 2.85. The van der Waals surface area contributed by atoms with E-state index in [2.05, 4.69) is 25.7 Å². The fourth-order valence-electron chi connectivity index (χ4n) is 2.12. The number of hydrogen-bond donors (Lipinski definition) is 1. The van der Waals surface area contributed by atoms with Crippen molar-refractivity contribution in [2.24, 2.45) is 5.92 Å². The van der Waals surface area contributed by atoms with Gasteiger partial charge in [0.05, 0.1) is 6.61 Å². The molecule has 1 amide bonds. The fraction of sp³-hybridized carbons (Fsp3) is 0.500. The number of carbonyl (C=O) groups excluding carboxylic acids is 1. The van der Waals surface area contributed by atoms with E-state index in [0.29, 0.717) is 24.4 Å². The van der Waals surface area contributed by atoms with Gasteiger partial charge in [-0.25, -0.2) is 0 Å². The molecule has 0 aromatic heterocycles. The van der Waals surface area contributed by atoms with Gasteiger partial charge >= 0.3 is 0 Å². The van der Waals surface area contributed by atoms with Crippen LogP contribution in [0.25, 0.3) is 0 Å². The van der Waals surface area contributed by atoms with Crippen LogP contribution in [-0.2, 0) is 0 Å². The standard InChI is InChI=1S/C18H25NO2/c1-5-19(13-14(2)3)18(21)17-12-16(8-6-7-11-20)10-9-15(17)4/h9-10,12,14,20H,5,7,11,13H2,1-4H3. The van der Waals surface area contributed by atoms with Gasteiger partial charge in [0.25, 0.3) is 5.91 Å². The normalized spacial score (nSPS) is 10.2. The Kier molecular flexibility index (Phi) is 6.98. The van der Waals surface area contributed by atoms with E-state index < -0.39 is 0 Å². The first-order valence-corrected chi connectivity index (χ1v) is 7.49. The highest BCUT2D eigenvalue weighted by molar-refractivity contribution is 5.96. The lowest BCUT2D eigenvalue weighted by Crippen LogP contribution is -2.34. The molecule has 3 heteroatoms. The van der Waals surface area contributed by atoms with Crippen LogP contribution >= 0.6 is 0 Å². The SMILES string of the molecule is CCN(CC(C)C)C(=O)c1cc(C#CCCO)ccc1C. The quantitative estimate of drug-likeness (QED) is 0.846. The Morgan fingerprint density at radius 2 is 2.10 bits per heavy atom. The molecule has 0 aliphatic carbocycles. The van der Waals surface area contributed by atoms with Gasteiger partial charge in [0, 0.05) is 30.6 Å². The lowest BCUT2D eigenvalue weighted by atomic mass is 10.0. The van der Waals surface area contributed by atoms with Crippen LogP contribution in [0.2, 0.25) is 0 Å². The first kappa shape index (κ1) is 17.3. The highest BCUT2D eigenvalue weighted by Crippen LogP contribution is 2.14. The molecular formula is C18H25NO2. The smallest absolute Gasteiger partial charge is 0.254 e. The van der Waals surface area contributed by atoms with Gasteiger partial charge in [-0.1, -0.05) is 31.8 Å². The molecule has 3 nitrogen and oxygen atoms in total. The van der Waals surface area contributed by atoms with Crippen molar-refractivity contribution in [2.45, 2.75) is 34.1 Å². The number of carbonyl (C=O) groups is 1. The minimum absolute atomic E-state index is 0.0582. The number of aliphatic hydroxyl groups excluding tert-OH is 1. The Bertz CT molecular complexity index is 538. The second kappa shape index (κ2) is 8.49. The summed E-state index contributed by atoms with van der Waals surface area (Å²) in [5, 5.41) is 8.76. The van der Waals surface area contributed by atoms with Crippen molar-refractivity contribution in [3.63, 3.8) is 0 Å². The number of hydrogen-bond acceptors (Lipinski definition) is 2. The average molecular weight is 287 g/mol. The largest absolute Gasteiger partial charge is 0.395 e. The molecular weight excluding hydrogens is 262 g/mol. The molecule has 0 spiro atoms. The number of benzene rings is 1. The predicted molar refractivity (Wildman–Crippen MR) is 86.2 cm³/mol. The Balaban J connectivity index is 3.02. The average Bonchev–Trinajstić information content (AvgIpc) is 2.46. The van der Waals surface area contributed by atoms with Gasteiger partial charge in [0.1, 0.15) is 0 Å². The first-order valence-electron chi connectivity index (χ1n) is 7.49. The summed E-state index contributed by atoms with van der Waals surface area (Å²) >= 11 is 0. The molecule has 1 aromatic carbocycles. The van der Waals surface area contributed by atoms with Crippen LogP contribution in [0.1, 0.15) is 48.7 Å². The maximum Gasteiger partial charge on any atom is 0.254 e. The van der Waals surface area contributed by atoms with Gasteiger partial charge in [-0.2, -0.15) is 0 Å². The number of rotatable bonds is 5. The molecule has 0 saturated heterocycles. The van der Waals surface area contributed by atoms with Crippen molar-refractivity contribution < 1.29 is 9.90 Å². The molecule has 114 valence electrons. The summed E-state index contributed by atoms with van der Waals surface area (Å²) in [5.41, 5.74) is 2.50. The Hall–Kier alpha value is -1.79. The third-order valence-electron chi connectivity index (χ3n) is 3.19. The number of amides is 1. The second-order valence-corrected chi connectivity index (χ2v) is 5.54. The lowest BCUT2D eigenvalue weighted by molar-refractivity contribution is 0.0745. The molecule has 1 N–H and O–H groups in total. The van der Waals surface area contributed by atoms with Gasteiger partial charge < -0.3 is 10.0 Å². The van der Waals surface area contributed by atoms with Gasteiger partial charge in [-0.15, -0.1) is 0 Å². The van der Waals surface area contributed by atoms with Crippen molar-refractivity contribution in [3.8, 4) is 11.8 Å². The van der Waals surface area contributed by atoms with E-state index in [1.54, 1.807) is 0 Å². The zero-order valence-corrected chi connectivity index (χ0v) is 13.4. The van der Waals surface area contributed by atoms with Gasteiger partial charge in [-0.05, 0) is 37.5 Å². The van der Waals surface area contributed by atoms with Crippen molar-refractivity contribution in [1.82, 2.24) is 4.90 Å². The van der Waals surface area contributed by atoms with Crippen molar-refractivity contribution >= 4 is 5.91 Å². The molecule has 0 radical (unpaired) electrons. The van der Waals surface area contributed by atoms with Crippen LogP contribution in [0.4, 0.5) is 0 Å². The molecule has 0 unspecified atom stereocenters. The van der Waals surface area contributed by atoms with Crippen molar-refractivity contribution in [1.29, 1.82) is 0 Å². The van der Waals surface area contributed by atoms with Gasteiger partial charge in [0.15, 0.2) is 0 Å². The molecule has 0 saturated carbocycles. The molecule has 0 atom stereocenters. The second-order valence-electron chi connectivity index (χ2n) is 5.54. The van der Waals surface area contributed by atoms with E-state index in [1.807, 2.05) is 36.9 Å². The van der Waals surface area contributed by atoms with E-state index in [-0.39, 0.29) is 12.5 Å². The summed E-state index contributed by atoms with van der Waals surface area (Å²) < 4.78 is 0. The Morgan fingerprint density at radius 1 is 1.38 bits per heavy atom. The third kappa shape index (κ3) is 5.24. The summed E-state index contributed by atoms with van der Waals surface area (Å²) in [5.74, 6) is 6.38. The summed E-state index contributed by atoms with van der Waals surface area (Å²) in [6.07, 6.45) is 0.450. The Labute approximate surface area is 128 Å². The van der Waals surface area contributed by atoms with Crippen molar-refractivity contribution in [2.75, 3.05) is 19.7 Å². The number of nitrogens with zero attached hydrogens (tertiary/aromatic N) is 1. The highest BCUT2D eigenvalue weighted by atomic mass is 16.2. The van der Waals surface area contributed by atoms with E-state index in [9.17, 15) is 4.79 Å². The van der Waals surface area contributed by atoms with Crippen LogP contribution in [-0.4, -0.2) is 35.6 Å². The maximum absolute atomic E-state index is 12.7. The minimum atomic E-state index is 0.0582. The highest BCUT2D eigenvalue weighted by Gasteiger charge is 2.17. The molecule has 0 aliphatic rings. The van der Waals surface area contributed by atoms with Crippen LogP contribution in [0.5, 0.6) is 0 Å². The lowest BCUT2D eigenvalue weighted by Gasteiger charge is -2.23. The molecule has 0 aliphatic heterocycles. The van der Waals surface area contributed by atoms with Crippen LogP contribution in [0.3, 0.4) is 0 Å². The van der Waals surface area contributed by atoms with Gasteiger partial charge in [-0.3, -0.25) is 4.79 Å². The molecule has 1 rings (SSSR count).